The van der Waals surface area contributed by atoms with Crippen molar-refractivity contribution in [3.8, 4) is 0 Å². The number of allylic oxidation sites excluding steroid dienone is 1. The van der Waals surface area contributed by atoms with Crippen LogP contribution < -0.4 is 0 Å². The number of hydrogen-bond acceptors (Lipinski definition) is 2. The second-order valence-electron chi connectivity index (χ2n) is 3.82. The Kier molecular flexibility index (Phi) is 2.94. The minimum atomic E-state index is -0.222. The number of hydrogen-bond donors (Lipinski definition) is 1. The predicted molar refractivity (Wildman–Crippen MR) is 55.9 cm³/mol. The summed E-state index contributed by atoms with van der Waals surface area (Å²) in [6, 6.07) is 4.06. The highest BCUT2D eigenvalue weighted by Gasteiger charge is 2.10. The standard InChI is InChI=1S/C12H15NO/c14-12-3-1-2-11(9-12)8-10-4-6-13-7-5-10/h4-7,9,12,14H,1-3,8H2. The highest BCUT2D eigenvalue weighted by atomic mass is 16.3. The van der Waals surface area contributed by atoms with Crippen LogP contribution in [0.15, 0.2) is 36.2 Å². The monoisotopic (exact) mass is 189 g/mol. The van der Waals surface area contributed by atoms with Gasteiger partial charge in [0.2, 0.25) is 0 Å². The van der Waals surface area contributed by atoms with E-state index in [1.165, 1.54) is 11.1 Å². The van der Waals surface area contributed by atoms with E-state index in [1.54, 1.807) is 0 Å². The molecule has 0 fully saturated rings. The van der Waals surface area contributed by atoms with E-state index < -0.39 is 0 Å². The summed E-state index contributed by atoms with van der Waals surface area (Å²) < 4.78 is 0. The Morgan fingerprint density at radius 2 is 2.14 bits per heavy atom. The van der Waals surface area contributed by atoms with Gasteiger partial charge in [-0.25, -0.2) is 0 Å². The maximum absolute atomic E-state index is 9.47. The van der Waals surface area contributed by atoms with Crippen LogP contribution in [0.5, 0.6) is 0 Å². The first kappa shape index (κ1) is 9.41. The third-order valence-electron chi connectivity index (χ3n) is 2.61. The van der Waals surface area contributed by atoms with E-state index in [4.69, 9.17) is 0 Å². The van der Waals surface area contributed by atoms with E-state index in [0.717, 1.165) is 25.7 Å². The molecule has 2 heteroatoms. The lowest BCUT2D eigenvalue weighted by molar-refractivity contribution is 0.202. The summed E-state index contributed by atoms with van der Waals surface area (Å²) >= 11 is 0. The SMILES string of the molecule is OC1C=C(Cc2ccncc2)CCC1. The molecule has 74 valence electrons. The van der Waals surface area contributed by atoms with Crippen molar-refractivity contribution in [1.82, 2.24) is 4.98 Å². The average Bonchev–Trinajstić information content (AvgIpc) is 2.19. The average molecular weight is 189 g/mol. The molecule has 0 aromatic carbocycles. The lowest BCUT2D eigenvalue weighted by Gasteiger charge is -2.16. The number of aromatic nitrogens is 1. The van der Waals surface area contributed by atoms with Gasteiger partial charge in [0.1, 0.15) is 0 Å². The second kappa shape index (κ2) is 4.38. The summed E-state index contributed by atoms with van der Waals surface area (Å²) in [4.78, 5) is 3.98. The van der Waals surface area contributed by atoms with Gasteiger partial charge in [-0.05, 0) is 43.4 Å². The molecule has 0 amide bonds. The molecule has 1 N–H and O–H groups in total. The number of rotatable bonds is 2. The summed E-state index contributed by atoms with van der Waals surface area (Å²) in [5, 5.41) is 9.47. The molecule has 1 aliphatic carbocycles. The van der Waals surface area contributed by atoms with Crippen LogP contribution >= 0.6 is 0 Å². The smallest absolute Gasteiger partial charge is 0.0723 e. The molecule has 0 saturated carbocycles. The van der Waals surface area contributed by atoms with Crippen molar-refractivity contribution in [2.24, 2.45) is 0 Å². The lowest BCUT2D eigenvalue weighted by Crippen LogP contribution is -2.10. The summed E-state index contributed by atoms with van der Waals surface area (Å²) in [5.41, 5.74) is 2.63. The van der Waals surface area contributed by atoms with Crippen molar-refractivity contribution >= 4 is 0 Å². The second-order valence-corrected chi connectivity index (χ2v) is 3.82. The van der Waals surface area contributed by atoms with Crippen LogP contribution in [0.1, 0.15) is 24.8 Å². The lowest BCUT2D eigenvalue weighted by atomic mass is 9.93. The molecule has 1 unspecified atom stereocenters. The molecule has 2 nitrogen and oxygen atoms in total. The van der Waals surface area contributed by atoms with Crippen molar-refractivity contribution in [3.63, 3.8) is 0 Å². The van der Waals surface area contributed by atoms with Crippen LogP contribution in [0.25, 0.3) is 0 Å². The molecular weight excluding hydrogens is 174 g/mol. The van der Waals surface area contributed by atoms with Crippen LogP contribution in [-0.2, 0) is 6.42 Å². The van der Waals surface area contributed by atoms with E-state index in [9.17, 15) is 5.11 Å². The quantitative estimate of drug-likeness (QED) is 0.723. The van der Waals surface area contributed by atoms with Gasteiger partial charge in [0.25, 0.3) is 0 Å². The molecule has 14 heavy (non-hydrogen) atoms. The van der Waals surface area contributed by atoms with Crippen LogP contribution in [0.4, 0.5) is 0 Å². The molecule has 0 aliphatic heterocycles. The van der Waals surface area contributed by atoms with E-state index in [2.05, 4.69) is 4.98 Å². The van der Waals surface area contributed by atoms with E-state index in [0.29, 0.717) is 0 Å². The van der Waals surface area contributed by atoms with Gasteiger partial charge >= 0.3 is 0 Å². The van der Waals surface area contributed by atoms with E-state index in [1.807, 2.05) is 30.6 Å². The maximum atomic E-state index is 9.47. The van der Waals surface area contributed by atoms with Crippen LogP contribution in [0.2, 0.25) is 0 Å². The van der Waals surface area contributed by atoms with Gasteiger partial charge in [0.15, 0.2) is 0 Å². The molecule has 1 aromatic heterocycles. The van der Waals surface area contributed by atoms with Crippen LogP contribution in [0, 0.1) is 0 Å². The molecule has 0 bridgehead atoms. The Morgan fingerprint density at radius 3 is 2.86 bits per heavy atom. The number of aliphatic hydroxyl groups is 1. The highest BCUT2D eigenvalue weighted by molar-refractivity contribution is 5.21. The van der Waals surface area contributed by atoms with Gasteiger partial charge in [0.05, 0.1) is 6.10 Å². The predicted octanol–water partition coefficient (Wildman–Crippen LogP) is 2.10. The minimum absolute atomic E-state index is 0.222. The Labute approximate surface area is 84.3 Å². The first-order valence-corrected chi connectivity index (χ1v) is 5.11. The maximum Gasteiger partial charge on any atom is 0.0723 e. The van der Waals surface area contributed by atoms with Gasteiger partial charge < -0.3 is 5.11 Å². The Hall–Kier alpha value is -1.15. The third-order valence-corrected chi connectivity index (χ3v) is 2.61. The molecule has 1 atom stereocenters. The van der Waals surface area contributed by atoms with Gasteiger partial charge in [-0.1, -0.05) is 11.6 Å². The minimum Gasteiger partial charge on any atom is -0.389 e. The van der Waals surface area contributed by atoms with Crippen molar-refractivity contribution in [2.45, 2.75) is 31.8 Å². The van der Waals surface area contributed by atoms with Gasteiger partial charge in [-0.2, -0.15) is 0 Å². The molecular formula is C12H15NO. The zero-order valence-corrected chi connectivity index (χ0v) is 8.19. The Balaban J connectivity index is 2.04. The molecule has 1 aromatic rings. The molecule has 2 rings (SSSR count). The normalized spacial score (nSPS) is 21.8. The van der Waals surface area contributed by atoms with Gasteiger partial charge in [-0.15, -0.1) is 0 Å². The number of nitrogens with zero attached hydrogens (tertiary/aromatic N) is 1. The zero-order chi connectivity index (χ0) is 9.80. The van der Waals surface area contributed by atoms with Crippen LogP contribution in [0.3, 0.4) is 0 Å². The topological polar surface area (TPSA) is 33.1 Å². The summed E-state index contributed by atoms with van der Waals surface area (Å²) in [7, 11) is 0. The van der Waals surface area contributed by atoms with Crippen molar-refractivity contribution in [3.05, 3.63) is 41.7 Å². The summed E-state index contributed by atoms with van der Waals surface area (Å²) in [5.74, 6) is 0. The van der Waals surface area contributed by atoms with Crippen molar-refractivity contribution in [2.75, 3.05) is 0 Å². The van der Waals surface area contributed by atoms with E-state index >= 15 is 0 Å². The number of pyridine rings is 1. The molecule has 0 saturated heterocycles. The Morgan fingerprint density at radius 1 is 1.36 bits per heavy atom. The third kappa shape index (κ3) is 2.42. The summed E-state index contributed by atoms with van der Waals surface area (Å²) in [6.45, 7) is 0. The number of aliphatic hydroxyl groups excluding tert-OH is 1. The molecule has 1 heterocycles. The summed E-state index contributed by atoms with van der Waals surface area (Å²) in [6.07, 6.45) is 9.52. The first-order chi connectivity index (χ1) is 6.84. The van der Waals surface area contributed by atoms with Crippen molar-refractivity contribution < 1.29 is 5.11 Å². The largest absolute Gasteiger partial charge is 0.389 e. The fourth-order valence-electron chi connectivity index (χ4n) is 1.89. The molecule has 1 aliphatic rings. The fourth-order valence-corrected chi connectivity index (χ4v) is 1.89. The van der Waals surface area contributed by atoms with E-state index in [-0.39, 0.29) is 6.10 Å². The zero-order valence-electron chi connectivity index (χ0n) is 8.19. The van der Waals surface area contributed by atoms with Gasteiger partial charge in [-0.3, -0.25) is 4.98 Å². The molecule has 0 spiro atoms. The Bertz CT molecular complexity index is 318. The van der Waals surface area contributed by atoms with Crippen molar-refractivity contribution in [1.29, 1.82) is 0 Å². The van der Waals surface area contributed by atoms with Gasteiger partial charge in [0, 0.05) is 12.4 Å². The first-order valence-electron chi connectivity index (χ1n) is 5.11. The molecule has 0 radical (unpaired) electrons. The van der Waals surface area contributed by atoms with Crippen LogP contribution in [-0.4, -0.2) is 16.2 Å². The highest BCUT2D eigenvalue weighted by Crippen LogP contribution is 2.21. The fraction of sp³-hybridized carbons (Fsp3) is 0.417.